The third-order valence-corrected chi connectivity index (χ3v) is 7.22. The number of aryl methyl sites for hydroxylation is 2. The summed E-state index contributed by atoms with van der Waals surface area (Å²) in [5, 5.41) is 21.5. The highest BCUT2D eigenvalue weighted by molar-refractivity contribution is 6.31. The van der Waals surface area contributed by atoms with Crippen molar-refractivity contribution in [2.75, 3.05) is 0 Å². The Bertz CT molecular complexity index is 1820. The van der Waals surface area contributed by atoms with Gasteiger partial charge in [-0.15, -0.1) is 0 Å². The Morgan fingerprint density at radius 3 is 2.19 bits per heavy atom. The second-order valence-corrected chi connectivity index (χ2v) is 10.2. The van der Waals surface area contributed by atoms with Crippen LogP contribution in [-0.4, -0.2) is 36.5 Å². The highest BCUT2D eigenvalue weighted by atomic mass is 35.5. The lowest BCUT2D eigenvalue weighted by Gasteiger charge is -2.31. The molecule has 2 aromatic heterocycles. The van der Waals surface area contributed by atoms with Crippen molar-refractivity contribution in [3.8, 4) is 11.1 Å². The molecule has 0 bridgehead atoms. The van der Waals surface area contributed by atoms with Gasteiger partial charge in [-0.05, 0) is 65.6 Å². The lowest BCUT2D eigenvalue weighted by molar-refractivity contribution is -0.192. The average Bonchev–Trinajstić information content (AvgIpc) is 3.44. The molecule has 1 atom stereocenters. The minimum atomic E-state index is -5.08. The molecule has 2 N–H and O–H groups in total. The fourth-order valence-corrected chi connectivity index (χ4v) is 4.92. The Hall–Kier alpha value is -4.12. The Morgan fingerprint density at radius 1 is 0.952 bits per heavy atom. The molecule has 0 spiro atoms. The standard InChI is InChI=1S/C28H23Cl2N3O2.C2HF3O2/c1-3-33-17-31-16-26(33)28(35,19-7-10-21(29)11-8-19)20-9-12-25-24(14-20)23(15-27(34)32(25)2)18-5-4-6-22(30)13-18;3-2(4,5)1(6)7/h4-17,35H,3H2,1-2H3;(H,6,7). The van der Waals surface area contributed by atoms with E-state index in [-0.39, 0.29) is 5.56 Å². The van der Waals surface area contributed by atoms with Gasteiger partial charge in [0.25, 0.3) is 5.56 Å². The molecule has 0 fully saturated rings. The van der Waals surface area contributed by atoms with Gasteiger partial charge in [0.15, 0.2) is 5.60 Å². The summed E-state index contributed by atoms with van der Waals surface area (Å²) in [6, 6.07) is 21.8. The van der Waals surface area contributed by atoms with Crippen molar-refractivity contribution >= 4 is 40.1 Å². The van der Waals surface area contributed by atoms with Crippen molar-refractivity contribution in [3.05, 3.63) is 123 Å². The van der Waals surface area contributed by atoms with Crippen LogP contribution in [0.15, 0.2) is 90.1 Å². The second-order valence-electron chi connectivity index (χ2n) is 9.28. The monoisotopic (exact) mass is 617 g/mol. The number of imidazole rings is 1. The molecule has 218 valence electrons. The molecule has 0 aliphatic carbocycles. The van der Waals surface area contributed by atoms with Crippen LogP contribution >= 0.6 is 23.2 Å². The molecular weight excluding hydrogens is 594 g/mol. The fourth-order valence-electron chi connectivity index (χ4n) is 4.61. The number of fused-ring (bicyclic) bond motifs is 1. The molecule has 42 heavy (non-hydrogen) atoms. The Kier molecular flexibility index (Phi) is 8.81. The van der Waals surface area contributed by atoms with E-state index in [1.165, 1.54) is 0 Å². The molecular formula is C30H24Cl2F3N3O4. The molecule has 0 aliphatic heterocycles. The lowest BCUT2D eigenvalue weighted by Crippen LogP contribution is -2.31. The van der Waals surface area contributed by atoms with Gasteiger partial charge in [-0.1, -0.05) is 53.5 Å². The largest absolute Gasteiger partial charge is 0.490 e. The highest BCUT2D eigenvalue weighted by Gasteiger charge is 2.38. The number of rotatable bonds is 5. The van der Waals surface area contributed by atoms with Gasteiger partial charge in [-0.2, -0.15) is 13.2 Å². The summed E-state index contributed by atoms with van der Waals surface area (Å²) < 4.78 is 35.3. The van der Waals surface area contributed by atoms with Gasteiger partial charge in [-0.25, -0.2) is 9.78 Å². The first-order valence-electron chi connectivity index (χ1n) is 12.5. The van der Waals surface area contributed by atoms with Gasteiger partial charge in [0.05, 0.1) is 23.7 Å². The van der Waals surface area contributed by atoms with Gasteiger partial charge < -0.3 is 19.3 Å². The first kappa shape index (κ1) is 30.8. The van der Waals surface area contributed by atoms with Gasteiger partial charge in [0, 0.05) is 35.1 Å². The average molecular weight is 618 g/mol. The van der Waals surface area contributed by atoms with Crippen LogP contribution in [-0.2, 0) is 24.0 Å². The van der Waals surface area contributed by atoms with Gasteiger partial charge in [0.1, 0.15) is 0 Å². The number of carboxylic acid groups (broad SMARTS) is 1. The predicted molar refractivity (Wildman–Crippen MR) is 155 cm³/mol. The number of halogens is 5. The molecule has 3 aromatic carbocycles. The molecule has 5 aromatic rings. The number of alkyl halides is 3. The number of aliphatic hydroxyl groups is 1. The van der Waals surface area contributed by atoms with Crippen LogP contribution in [0, 0.1) is 0 Å². The van der Waals surface area contributed by atoms with Crippen LogP contribution in [0.25, 0.3) is 22.0 Å². The van der Waals surface area contributed by atoms with E-state index < -0.39 is 17.7 Å². The van der Waals surface area contributed by atoms with E-state index >= 15 is 0 Å². The summed E-state index contributed by atoms with van der Waals surface area (Å²) in [4.78, 5) is 26.0. The summed E-state index contributed by atoms with van der Waals surface area (Å²) in [5.74, 6) is -2.76. The van der Waals surface area contributed by atoms with E-state index in [4.69, 9.17) is 33.1 Å². The SMILES string of the molecule is CCn1cncc1C(O)(c1ccc(Cl)cc1)c1ccc2c(c1)c(-c1cccc(Cl)c1)cc(=O)n2C.O=C(O)C(F)(F)F. The molecule has 0 aliphatic rings. The van der Waals surface area contributed by atoms with Crippen molar-refractivity contribution in [2.24, 2.45) is 7.05 Å². The van der Waals surface area contributed by atoms with E-state index in [1.54, 1.807) is 48.4 Å². The Morgan fingerprint density at radius 2 is 1.60 bits per heavy atom. The molecule has 7 nitrogen and oxygen atoms in total. The molecule has 0 amide bonds. The smallest absolute Gasteiger partial charge is 0.475 e. The lowest BCUT2D eigenvalue weighted by atomic mass is 9.82. The maximum absolute atomic E-state index is 12.8. The molecule has 0 radical (unpaired) electrons. The molecule has 2 heterocycles. The number of aromatic nitrogens is 3. The van der Waals surface area contributed by atoms with Crippen LogP contribution < -0.4 is 5.56 Å². The number of nitrogens with zero attached hydrogens (tertiary/aromatic N) is 3. The summed E-state index contributed by atoms with van der Waals surface area (Å²) in [6.45, 7) is 2.64. The Labute approximate surface area is 248 Å². The summed E-state index contributed by atoms with van der Waals surface area (Å²) in [7, 11) is 1.74. The van der Waals surface area contributed by atoms with Crippen LogP contribution in [0.5, 0.6) is 0 Å². The minimum absolute atomic E-state index is 0.128. The quantitative estimate of drug-likeness (QED) is 0.230. The van der Waals surface area contributed by atoms with Crippen LogP contribution in [0.4, 0.5) is 13.2 Å². The third-order valence-electron chi connectivity index (χ3n) is 6.73. The first-order valence-corrected chi connectivity index (χ1v) is 13.2. The van der Waals surface area contributed by atoms with Crippen molar-refractivity contribution in [2.45, 2.75) is 25.2 Å². The van der Waals surface area contributed by atoms with Crippen LogP contribution in [0.2, 0.25) is 10.0 Å². The number of pyridine rings is 1. The Balaban J connectivity index is 0.000000517. The number of hydrogen-bond donors (Lipinski definition) is 2. The minimum Gasteiger partial charge on any atom is -0.475 e. The van der Waals surface area contributed by atoms with Crippen molar-refractivity contribution in [1.82, 2.24) is 14.1 Å². The second kappa shape index (κ2) is 12.0. The van der Waals surface area contributed by atoms with Gasteiger partial charge in [-0.3, -0.25) is 4.79 Å². The number of benzene rings is 3. The van der Waals surface area contributed by atoms with E-state index in [0.717, 1.165) is 22.0 Å². The van der Waals surface area contributed by atoms with Crippen LogP contribution in [0.1, 0.15) is 23.7 Å². The fraction of sp³-hybridized carbons (Fsp3) is 0.167. The molecule has 0 saturated heterocycles. The highest BCUT2D eigenvalue weighted by Crippen LogP contribution is 2.39. The molecule has 1 unspecified atom stereocenters. The van der Waals surface area contributed by atoms with Crippen LogP contribution in [0.3, 0.4) is 0 Å². The van der Waals surface area contributed by atoms with E-state index in [0.29, 0.717) is 33.4 Å². The predicted octanol–water partition coefficient (Wildman–Crippen LogP) is 6.65. The zero-order valence-electron chi connectivity index (χ0n) is 22.2. The topological polar surface area (TPSA) is 97.4 Å². The van der Waals surface area contributed by atoms with E-state index in [9.17, 15) is 23.1 Å². The first-order chi connectivity index (χ1) is 19.8. The summed E-state index contributed by atoms with van der Waals surface area (Å²) >= 11 is 12.4. The number of carbonyl (C=O) groups is 1. The zero-order valence-corrected chi connectivity index (χ0v) is 23.7. The maximum atomic E-state index is 12.8. The third kappa shape index (κ3) is 6.06. The van der Waals surface area contributed by atoms with Crippen molar-refractivity contribution in [3.63, 3.8) is 0 Å². The number of hydrogen-bond acceptors (Lipinski definition) is 4. The van der Waals surface area contributed by atoms with Crippen molar-refractivity contribution in [1.29, 1.82) is 0 Å². The summed E-state index contributed by atoms with van der Waals surface area (Å²) in [5.41, 5.74) is 2.62. The number of carboxylic acids is 1. The van der Waals surface area contributed by atoms with E-state index in [1.807, 2.05) is 60.0 Å². The van der Waals surface area contributed by atoms with Crippen molar-refractivity contribution < 1.29 is 28.2 Å². The molecule has 12 heteroatoms. The van der Waals surface area contributed by atoms with Gasteiger partial charge in [0.2, 0.25) is 0 Å². The van der Waals surface area contributed by atoms with Gasteiger partial charge >= 0.3 is 12.1 Å². The molecule has 5 rings (SSSR count). The summed E-state index contributed by atoms with van der Waals surface area (Å²) in [6.07, 6.45) is -1.70. The maximum Gasteiger partial charge on any atom is 0.490 e. The number of aliphatic carboxylic acids is 1. The van der Waals surface area contributed by atoms with E-state index in [2.05, 4.69) is 4.98 Å². The molecule has 0 saturated carbocycles. The normalized spacial score (nSPS) is 12.9. The zero-order chi connectivity index (χ0) is 30.8.